The summed E-state index contributed by atoms with van der Waals surface area (Å²) in [5.74, 6) is -0.499. The number of halogens is 1. The fourth-order valence-electron chi connectivity index (χ4n) is 1.14. The average Bonchev–Trinajstić information content (AvgIpc) is 2.27. The zero-order chi connectivity index (χ0) is 10.6. The molecule has 76 valence electrons. The largest absolute Gasteiger partial charge is 0.358 e. The molecule has 1 amide bonds. The number of carbonyl (C=O) groups is 1. The van der Waals surface area contributed by atoms with Crippen LogP contribution in [0.15, 0.2) is 30.3 Å². The topological polar surface area (TPSA) is 55.1 Å². The standard InChI is InChI=1S/C10H13FN2O/c1-13-10(14)9(12)8(11)7-5-3-2-4-6-7/h2-6,8-9H,12H2,1H3,(H,13,14). The van der Waals surface area contributed by atoms with Crippen LogP contribution >= 0.6 is 0 Å². The first-order chi connectivity index (χ1) is 6.66. The third-order valence-electron chi connectivity index (χ3n) is 1.98. The van der Waals surface area contributed by atoms with Crippen molar-refractivity contribution >= 4 is 5.91 Å². The van der Waals surface area contributed by atoms with E-state index in [0.29, 0.717) is 5.56 Å². The normalized spacial score (nSPS) is 14.5. The highest BCUT2D eigenvalue weighted by molar-refractivity contribution is 5.82. The summed E-state index contributed by atoms with van der Waals surface area (Å²) in [6.07, 6.45) is -1.46. The molecule has 0 saturated carbocycles. The van der Waals surface area contributed by atoms with E-state index in [-0.39, 0.29) is 0 Å². The number of carbonyl (C=O) groups excluding carboxylic acids is 1. The highest BCUT2D eigenvalue weighted by Gasteiger charge is 2.24. The SMILES string of the molecule is CNC(=O)C(N)C(F)c1ccccc1. The number of alkyl halides is 1. The molecule has 0 bridgehead atoms. The van der Waals surface area contributed by atoms with E-state index in [4.69, 9.17) is 5.73 Å². The molecule has 0 aliphatic carbocycles. The van der Waals surface area contributed by atoms with Gasteiger partial charge >= 0.3 is 0 Å². The summed E-state index contributed by atoms with van der Waals surface area (Å²) >= 11 is 0. The lowest BCUT2D eigenvalue weighted by Gasteiger charge is -2.15. The van der Waals surface area contributed by atoms with E-state index in [1.165, 1.54) is 7.05 Å². The maximum absolute atomic E-state index is 13.6. The Hall–Kier alpha value is -1.42. The number of nitrogens with two attached hydrogens (primary N) is 1. The van der Waals surface area contributed by atoms with Crippen molar-refractivity contribution in [1.29, 1.82) is 0 Å². The lowest BCUT2D eigenvalue weighted by Crippen LogP contribution is -2.41. The van der Waals surface area contributed by atoms with Gasteiger partial charge in [-0.1, -0.05) is 30.3 Å². The van der Waals surface area contributed by atoms with Gasteiger partial charge in [0, 0.05) is 7.05 Å². The van der Waals surface area contributed by atoms with Gasteiger partial charge in [-0.25, -0.2) is 4.39 Å². The van der Waals surface area contributed by atoms with Crippen molar-refractivity contribution in [1.82, 2.24) is 5.32 Å². The molecule has 2 atom stereocenters. The Morgan fingerprint density at radius 3 is 2.50 bits per heavy atom. The van der Waals surface area contributed by atoms with E-state index in [0.717, 1.165) is 0 Å². The number of likely N-dealkylation sites (N-methyl/N-ethyl adjacent to an activating group) is 1. The molecule has 0 fully saturated rings. The molecular weight excluding hydrogens is 183 g/mol. The smallest absolute Gasteiger partial charge is 0.240 e. The number of benzene rings is 1. The molecule has 14 heavy (non-hydrogen) atoms. The van der Waals surface area contributed by atoms with Gasteiger partial charge < -0.3 is 11.1 Å². The van der Waals surface area contributed by atoms with Crippen molar-refractivity contribution < 1.29 is 9.18 Å². The molecule has 0 spiro atoms. The lowest BCUT2D eigenvalue weighted by molar-refractivity contribution is -0.123. The van der Waals surface area contributed by atoms with Gasteiger partial charge in [0.2, 0.25) is 5.91 Å². The van der Waals surface area contributed by atoms with Crippen LogP contribution in [0.5, 0.6) is 0 Å². The minimum atomic E-state index is -1.46. The molecule has 3 nitrogen and oxygen atoms in total. The van der Waals surface area contributed by atoms with Gasteiger partial charge in [0.1, 0.15) is 12.2 Å². The molecule has 0 radical (unpaired) electrons. The molecular formula is C10H13FN2O. The third kappa shape index (κ3) is 2.29. The molecule has 0 aliphatic heterocycles. The van der Waals surface area contributed by atoms with E-state index >= 15 is 0 Å². The predicted molar refractivity (Wildman–Crippen MR) is 52.3 cm³/mol. The number of nitrogens with one attached hydrogen (secondary N) is 1. The van der Waals surface area contributed by atoms with E-state index in [1.807, 2.05) is 0 Å². The zero-order valence-corrected chi connectivity index (χ0v) is 7.91. The van der Waals surface area contributed by atoms with Gasteiger partial charge in [-0.15, -0.1) is 0 Å². The van der Waals surface area contributed by atoms with Crippen LogP contribution in [-0.4, -0.2) is 19.0 Å². The van der Waals surface area contributed by atoms with Gasteiger partial charge in [-0.05, 0) is 5.56 Å². The molecule has 1 aromatic carbocycles. The predicted octanol–water partition coefficient (Wildman–Crippen LogP) is 0.770. The first-order valence-electron chi connectivity index (χ1n) is 4.33. The van der Waals surface area contributed by atoms with Crippen molar-refractivity contribution in [2.75, 3.05) is 7.05 Å². The minimum Gasteiger partial charge on any atom is -0.358 e. The monoisotopic (exact) mass is 196 g/mol. The van der Waals surface area contributed by atoms with Gasteiger partial charge in [-0.3, -0.25) is 4.79 Å². The number of rotatable bonds is 3. The summed E-state index contributed by atoms with van der Waals surface area (Å²) in [5.41, 5.74) is 5.84. The fourth-order valence-corrected chi connectivity index (χ4v) is 1.14. The van der Waals surface area contributed by atoms with Crippen LogP contribution in [0.4, 0.5) is 4.39 Å². The maximum Gasteiger partial charge on any atom is 0.240 e. The van der Waals surface area contributed by atoms with Crippen molar-refractivity contribution in [3.8, 4) is 0 Å². The number of amides is 1. The van der Waals surface area contributed by atoms with Gasteiger partial charge in [-0.2, -0.15) is 0 Å². The van der Waals surface area contributed by atoms with Crippen LogP contribution in [0.1, 0.15) is 11.7 Å². The Morgan fingerprint density at radius 2 is 2.00 bits per heavy atom. The van der Waals surface area contributed by atoms with Gasteiger partial charge in [0.05, 0.1) is 0 Å². The Bertz CT molecular complexity index is 302. The second-order valence-corrected chi connectivity index (χ2v) is 2.95. The van der Waals surface area contributed by atoms with Crippen molar-refractivity contribution in [2.45, 2.75) is 12.2 Å². The summed E-state index contributed by atoms with van der Waals surface area (Å²) in [7, 11) is 1.43. The zero-order valence-electron chi connectivity index (χ0n) is 7.91. The Morgan fingerprint density at radius 1 is 1.43 bits per heavy atom. The van der Waals surface area contributed by atoms with E-state index in [2.05, 4.69) is 5.32 Å². The molecule has 3 N–H and O–H groups in total. The van der Waals surface area contributed by atoms with Crippen LogP contribution in [0.2, 0.25) is 0 Å². The Balaban J connectivity index is 2.75. The summed E-state index contributed by atoms with van der Waals surface area (Å²) < 4.78 is 13.6. The first kappa shape index (κ1) is 10.7. The van der Waals surface area contributed by atoms with E-state index in [1.54, 1.807) is 30.3 Å². The summed E-state index contributed by atoms with van der Waals surface area (Å²) in [6.45, 7) is 0. The second-order valence-electron chi connectivity index (χ2n) is 2.95. The highest BCUT2D eigenvalue weighted by atomic mass is 19.1. The lowest BCUT2D eigenvalue weighted by atomic mass is 10.0. The van der Waals surface area contributed by atoms with E-state index in [9.17, 15) is 9.18 Å². The Kier molecular flexibility index (Phi) is 3.59. The summed E-state index contributed by atoms with van der Waals surface area (Å²) in [6, 6.07) is 7.25. The number of hydrogen-bond donors (Lipinski definition) is 2. The van der Waals surface area contributed by atoms with Gasteiger partial charge in [0.15, 0.2) is 0 Å². The molecule has 1 rings (SSSR count). The molecule has 0 aromatic heterocycles. The quantitative estimate of drug-likeness (QED) is 0.750. The average molecular weight is 196 g/mol. The molecule has 1 aromatic rings. The second kappa shape index (κ2) is 4.72. The molecule has 0 heterocycles. The van der Waals surface area contributed by atoms with Crippen LogP contribution in [-0.2, 0) is 4.79 Å². The molecule has 4 heteroatoms. The third-order valence-corrected chi connectivity index (χ3v) is 1.98. The summed E-state index contributed by atoms with van der Waals surface area (Å²) in [5, 5.41) is 2.31. The minimum absolute atomic E-state index is 0.420. The molecule has 2 unspecified atom stereocenters. The van der Waals surface area contributed by atoms with Crippen LogP contribution in [0.3, 0.4) is 0 Å². The van der Waals surface area contributed by atoms with Gasteiger partial charge in [0.25, 0.3) is 0 Å². The summed E-state index contributed by atoms with van der Waals surface area (Å²) in [4.78, 5) is 11.1. The van der Waals surface area contributed by atoms with Crippen LogP contribution < -0.4 is 11.1 Å². The first-order valence-corrected chi connectivity index (χ1v) is 4.33. The Labute approximate surface area is 82.1 Å². The van der Waals surface area contributed by atoms with Crippen molar-refractivity contribution in [3.63, 3.8) is 0 Å². The molecule has 0 aliphatic rings. The van der Waals surface area contributed by atoms with Crippen molar-refractivity contribution in [3.05, 3.63) is 35.9 Å². The highest BCUT2D eigenvalue weighted by Crippen LogP contribution is 2.19. The fraction of sp³-hybridized carbons (Fsp3) is 0.300. The molecule has 0 saturated heterocycles. The number of hydrogen-bond acceptors (Lipinski definition) is 2. The van der Waals surface area contributed by atoms with E-state index < -0.39 is 18.1 Å². The maximum atomic E-state index is 13.6. The van der Waals surface area contributed by atoms with Crippen LogP contribution in [0, 0.1) is 0 Å². The van der Waals surface area contributed by atoms with Crippen LogP contribution in [0.25, 0.3) is 0 Å². The van der Waals surface area contributed by atoms with Crippen molar-refractivity contribution in [2.24, 2.45) is 5.73 Å².